The number of aromatic nitrogens is 4. The number of carbonyl (C=O) groups is 3. The molecular formula is C62H60N8O7. The fourth-order valence-corrected chi connectivity index (χ4v) is 16.2. The van der Waals surface area contributed by atoms with Crippen molar-refractivity contribution in [1.29, 1.82) is 0 Å². The van der Waals surface area contributed by atoms with Crippen molar-refractivity contribution in [1.82, 2.24) is 38.7 Å². The summed E-state index contributed by atoms with van der Waals surface area (Å²) in [5.41, 5.74) is 9.85. The smallest absolute Gasteiger partial charge is 0.252 e. The van der Waals surface area contributed by atoms with Crippen LogP contribution in [-0.4, -0.2) is 105 Å². The molecule has 77 heavy (non-hydrogen) atoms. The average Bonchev–Trinajstić information content (AvgIpc) is 4.38. The maximum absolute atomic E-state index is 14.7. The van der Waals surface area contributed by atoms with Gasteiger partial charge in [0, 0.05) is 103 Å². The van der Waals surface area contributed by atoms with Gasteiger partial charge in [0.05, 0.1) is 61.3 Å². The minimum Gasteiger partial charge on any atom is -0.375 e. The van der Waals surface area contributed by atoms with Crippen molar-refractivity contribution < 1.29 is 33.3 Å². The van der Waals surface area contributed by atoms with E-state index in [0.29, 0.717) is 32.4 Å². The van der Waals surface area contributed by atoms with Gasteiger partial charge in [-0.05, 0) is 75.7 Å². The standard InChI is InChI=1S/C62H60N8O7/c1-61-57(74-5)42(28-45(76-61)67-38-22-13-9-18-32(38)49-51-36(30-63-59(51)72)47-34-20-11-15-24-40(34)69(61)55(47)53(49)67)65(3)27-17-7-8-26-44(71)66(4)43-29-46-68-39-23-14-10-19-33(39)50-52-37(31-64-60(52)73)48-35-21-12-16-25-41(35)70(56(48)54(50)68)62(2,77-46)58(43)75-6/h9-16,18-25,42-43,45-46,57-58H,7-8,17,26-31H2,1-6H3,(H,63,72)(H,64,73)/t42-,43-,45?,46?,57-,58-,61+,62+/m1/s1. The van der Waals surface area contributed by atoms with Crippen molar-refractivity contribution in [2.75, 3.05) is 34.9 Å². The van der Waals surface area contributed by atoms with E-state index in [2.05, 4.69) is 140 Å². The molecular weight excluding hydrogens is 969 g/mol. The zero-order chi connectivity index (χ0) is 52.1. The molecule has 15 heteroatoms. The van der Waals surface area contributed by atoms with Crippen molar-refractivity contribution in [3.05, 3.63) is 119 Å². The van der Waals surface area contributed by atoms with E-state index < -0.39 is 23.8 Å². The van der Waals surface area contributed by atoms with Gasteiger partial charge in [0.1, 0.15) is 24.7 Å². The maximum atomic E-state index is 14.7. The Labute approximate surface area is 443 Å². The number of nitrogens with zero attached hydrogens (tertiary/aromatic N) is 6. The topological polar surface area (TPSA) is 138 Å². The van der Waals surface area contributed by atoms with Crippen LogP contribution in [0.5, 0.6) is 0 Å². The van der Waals surface area contributed by atoms with Crippen molar-refractivity contribution in [3.63, 3.8) is 0 Å². The predicted octanol–water partition coefficient (Wildman–Crippen LogP) is 10.2. The lowest BCUT2D eigenvalue weighted by atomic mass is 9.91. The molecule has 0 radical (unpaired) electrons. The number of fused-ring (bicyclic) bond motifs is 26. The van der Waals surface area contributed by atoms with Gasteiger partial charge in [-0.1, -0.05) is 79.2 Å². The van der Waals surface area contributed by atoms with E-state index in [9.17, 15) is 14.4 Å². The van der Waals surface area contributed by atoms with Crippen LogP contribution >= 0.6 is 0 Å². The number of rotatable bonds is 10. The zero-order valence-electron chi connectivity index (χ0n) is 44.1. The highest BCUT2D eigenvalue weighted by Crippen LogP contribution is 2.57. The number of carbonyl (C=O) groups excluding carboxylic acids is 3. The van der Waals surface area contributed by atoms with Gasteiger partial charge < -0.3 is 57.6 Å². The van der Waals surface area contributed by atoms with Gasteiger partial charge in [-0.15, -0.1) is 0 Å². The number of likely N-dealkylation sites (N-methyl/N-ethyl adjacent to an activating group) is 2. The highest BCUT2D eigenvalue weighted by molar-refractivity contribution is 6.32. The molecule has 390 valence electrons. The van der Waals surface area contributed by atoms with E-state index in [1.807, 2.05) is 31.2 Å². The van der Waals surface area contributed by atoms with Gasteiger partial charge in [-0.3, -0.25) is 14.4 Å². The van der Waals surface area contributed by atoms with Crippen LogP contribution in [0.3, 0.4) is 0 Å². The third-order valence-electron chi connectivity index (χ3n) is 19.3. The molecule has 6 aromatic carbocycles. The lowest BCUT2D eigenvalue weighted by molar-refractivity contribution is -0.267. The molecule has 4 aromatic heterocycles. The lowest BCUT2D eigenvalue weighted by Gasteiger charge is -2.50. The van der Waals surface area contributed by atoms with E-state index in [1.165, 1.54) is 0 Å². The summed E-state index contributed by atoms with van der Waals surface area (Å²) in [5, 5.41) is 14.7. The minimum atomic E-state index is -1.03. The number of hydrogen-bond acceptors (Lipinski definition) is 8. The van der Waals surface area contributed by atoms with Crippen LogP contribution in [0, 0.1) is 0 Å². The summed E-state index contributed by atoms with van der Waals surface area (Å²) >= 11 is 0. The van der Waals surface area contributed by atoms with Crippen LogP contribution in [0.1, 0.15) is 96.7 Å². The van der Waals surface area contributed by atoms with E-state index in [1.54, 1.807) is 7.11 Å². The number of nitrogens with one attached hydrogen (secondary N) is 2. The first-order valence-corrected chi connectivity index (χ1v) is 27.4. The summed E-state index contributed by atoms with van der Waals surface area (Å²) in [4.78, 5) is 46.8. The second-order valence-corrected chi connectivity index (χ2v) is 22.9. The van der Waals surface area contributed by atoms with Gasteiger partial charge in [-0.2, -0.15) is 0 Å². The van der Waals surface area contributed by atoms with Crippen molar-refractivity contribution >= 4 is 105 Å². The third kappa shape index (κ3) is 5.65. The molecule has 10 heterocycles. The largest absolute Gasteiger partial charge is 0.375 e. The van der Waals surface area contributed by atoms with Crippen LogP contribution < -0.4 is 10.6 Å². The number of para-hydroxylation sites is 4. The van der Waals surface area contributed by atoms with E-state index in [0.717, 1.165) is 135 Å². The zero-order valence-corrected chi connectivity index (χ0v) is 44.1. The molecule has 6 aliphatic heterocycles. The van der Waals surface area contributed by atoms with Crippen LogP contribution in [0.2, 0.25) is 0 Å². The quantitative estimate of drug-likeness (QED) is 0.129. The summed E-state index contributed by atoms with van der Waals surface area (Å²) < 4.78 is 37.5. The molecule has 0 spiro atoms. The number of amides is 3. The summed E-state index contributed by atoms with van der Waals surface area (Å²) in [7, 11) is 7.68. The lowest BCUT2D eigenvalue weighted by Crippen LogP contribution is -2.61. The molecule has 6 aliphatic rings. The van der Waals surface area contributed by atoms with Gasteiger partial charge in [0.2, 0.25) is 5.91 Å². The fourth-order valence-electron chi connectivity index (χ4n) is 16.2. The highest BCUT2D eigenvalue weighted by atomic mass is 16.6. The SMILES string of the molecule is CO[C@@H]1[C@H](N(C)CCCCCC(=O)N(C)[C@@H]2CC3O[C@@](C)([C@@H]2OC)n2c4ccccc4c4c5c(c6c7ccccc7n3c6c42)C(=O)NC5)CC2O[C@]1(C)n1c3ccccc3c3c4c(c5c6ccccc6n2c5c31)C(=O)NC4. The fraction of sp³-hybridized carbons (Fsp3) is 0.371. The first-order chi connectivity index (χ1) is 37.5. The van der Waals surface area contributed by atoms with Crippen molar-refractivity contribution in [2.24, 2.45) is 0 Å². The van der Waals surface area contributed by atoms with Crippen LogP contribution in [0.4, 0.5) is 0 Å². The number of benzene rings is 6. The molecule has 8 atom stereocenters. The Bertz CT molecular complexity index is 4300. The predicted molar refractivity (Wildman–Crippen MR) is 297 cm³/mol. The Morgan fingerprint density at radius 1 is 0.584 bits per heavy atom. The van der Waals surface area contributed by atoms with Gasteiger partial charge in [-0.25, -0.2) is 0 Å². The Morgan fingerprint density at radius 3 is 1.49 bits per heavy atom. The number of methoxy groups -OCH3 is 2. The molecule has 2 saturated heterocycles. The summed E-state index contributed by atoms with van der Waals surface area (Å²) in [6.45, 7) is 6.04. The summed E-state index contributed by atoms with van der Waals surface area (Å²) in [6, 6.07) is 33.4. The molecule has 15 nitrogen and oxygen atoms in total. The Balaban J connectivity index is 0.687. The summed E-state index contributed by atoms with van der Waals surface area (Å²) in [5.74, 6) is -0.0106. The molecule has 2 fully saturated rings. The minimum absolute atomic E-state index is 0.0283. The van der Waals surface area contributed by atoms with Gasteiger partial charge in [0.15, 0.2) is 11.4 Å². The van der Waals surface area contributed by atoms with Crippen LogP contribution in [0.25, 0.3) is 87.2 Å². The molecule has 2 unspecified atom stereocenters. The first kappa shape index (κ1) is 45.9. The Hall–Kier alpha value is -7.27. The summed E-state index contributed by atoms with van der Waals surface area (Å²) in [6.07, 6.45) is 2.42. The van der Waals surface area contributed by atoms with Crippen molar-refractivity contribution in [2.45, 2.75) is 114 Å². The molecule has 16 rings (SSSR count). The Kier molecular flexibility index (Phi) is 9.49. The molecule has 3 amide bonds. The van der Waals surface area contributed by atoms with E-state index in [-0.39, 0.29) is 42.1 Å². The molecule has 10 aromatic rings. The molecule has 0 aliphatic carbocycles. The molecule has 0 saturated carbocycles. The van der Waals surface area contributed by atoms with Crippen LogP contribution in [-0.2, 0) is 48.3 Å². The van der Waals surface area contributed by atoms with Crippen LogP contribution in [0.15, 0.2) is 97.1 Å². The molecule has 2 N–H and O–H groups in total. The normalized spacial score (nSPS) is 26.1. The first-order valence-electron chi connectivity index (χ1n) is 27.4. The maximum Gasteiger partial charge on any atom is 0.252 e. The van der Waals surface area contributed by atoms with E-state index >= 15 is 0 Å². The monoisotopic (exact) mass is 1030 g/mol. The van der Waals surface area contributed by atoms with E-state index in [4.69, 9.17) is 18.9 Å². The van der Waals surface area contributed by atoms with Gasteiger partial charge >= 0.3 is 0 Å². The number of ether oxygens (including phenoxy) is 4. The van der Waals surface area contributed by atoms with Crippen molar-refractivity contribution in [3.8, 4) is 0 Å². The third-order valence-corrected chi connectivity index (χ3v) is 19.3. The number of hydrogen-bond donors (Lipinski definition) is 2. The highest BCUT2D eigenvalue weighted by Gasteiger charge is 2.56. The van der Waals surface area contributed by atoms with Gasteiger partial charge in [0.25, 0.3) is 11.8 Å². The second kappa shape index (κ2) is 15.9. The Morgan fingerprint density at radius 2 is 1.01 bits per heavy atom. The molecule has 4 bridgehead atoms. The average molecular weight is 1030 g/mol. The number of unbranched alkanes of at least 4 members (excludes halogenated alkanes) is 2. The second-order valence-electron chi connectivity index (χ2n) is 22.9.